The lowest BCUT2D eigenvalue weighted by Crippen LogP contribution is -2.28. The monoisotopic (exact) mass is 278 g/mol. The Hall–Kier alpha value is -2.18. The normalized spacial score (nSPS) is 12.6. The Morgan fingerprint density at radius 3 is 2.75 bits per heavy atom. The standard InChI is InChI=1S/C14H14O6/c1-3-19-14(18)12(16)10-6-9-7(2)4-8(15)5-11(9)20-13(10)17/h4-6,14-15,18H,3H2,1-2H3. The predicted molar refractivity (Wildman–Crippen MR) is 70.8 cm³/mol. The van der Waals surface area contributed by atoms with Gasteiger partial charge in [0.25, 0.3) is 0 Å². The molecule has 106 valence electrons. The Morgan fingerprint density at radius 1 is 1.40 bits per heavy atom. The minimum absolute atomic E-state index is 0.0356. The van der Waals surface area contributed by atoms with Crippen molar-refractivity contribution in [3.05, 3.63) is 39.7 Å². The van der Waals surface area contributed by atoms with Crippen LogP contribution in [-0.4, -0.2) is 28.9 Å². The van der Waals surface area contributed by atoms with Crippen LogP contribution in [0.2, 0.25) is 0 Å². The number of carbonyl (C=O) groups is 1. The van der Waals surface area contributed by atoms with E-state index in [9.17, 15) is 19.8 Å². The average Bonchev–Trinajstić information content (AvgIpc) is 2.37. The van der Waals surface area contributed by atoms with Gasteiger partial charge in [0.2, 0.25) is 12.1 Å². The minimum Gasteiger partial charge on any atom is -0.508 e. The van der Waals surface area contributed by atoms with Gasteiger partial charge in [-0.25, -0.2) is 4.79 Å². The molecule has 1 heterocycles. The van der Waals surface area contributed by atoms with Crippen molar-refractivity contribution < 1.29 is 24.2 Å². The van der Waals surface area contributed by atoms with Crippen molar-refractivity contribution in [2.45, 2.75) is 20.1 Å². The number of carbonyl (C=O) groups excluding carboxylic acids is 1. The van der Waals surface area contributed by atoms with Crippen molar-refractivity contribution in [1.29, 1.82) is 0 Å². The number of aliphatic hydroxyl groups is 1. The molecule has 0 aliphatic heterocycles. The Morgan fingerprint density at radius 2 is 2.10 bits per heavy atom. The number of fused-ring (bicyclic) bond motifs is 1. The van der Waals surface area contributed by atoms with Gasteiger partial charge in [0, 0.05) is 18.1 Å². The van der Waals surface area contributed by atoms with Gasteiger partial charge in [-0.2, -0.15) is 0 Å². The number of aryl methyl sites for hydroxylation is 1. The molecule has 1 aromatic heterocycles. The predicted octanol–water partition coefficient (Wildman–Crippen LogP) is 1.34. The van der Waals surface area contributed by atoms with Crippen LogP contribution < -0.4 is 5.63 Å². The summed E-state index contributed by atoms with van der Waals surface area (Å²) in [5.41, 5.74) is -0.350. The molecule has 0 saturated carbocycles. The molecule has 20 heavy (non-hydrogen) atoms. The molecular formula is C14H14O6. The molecule has 1 atom stereocenters. The number of rotatable bonds is 4. The van der Waals surface area contributed by atoms with Crippen LogP contribution in [0, 0.1) is 6.92 Å². The maximum absolute atomic E-state index is 11.9. The summed E-state index contributed by atoms with van der Waals surface area (Å²) in [5.74, 6) is -0.887. The van der Waals surface area contributed by atoms with E-state index >= 15 is 0 Å². The fourth-order valence-corrected chi connectivity index (χ4v) is 1.91. The lowest BCUT2D eigenvalue weighted by molar-refractivity contribution is -0.0676. The zero-order valence-electron chi connectivity index (χ0n) is 11.0. The molecule has 0 bridgehead atoms. The van der Waals surface area contributed by atoms with Gasteiger partial charge in [0.1, 0.15) is 16.9 Å². The number of phenols is 1. The lowest BCUT2D eigenvalue weighted by atomic mass is 10.1. The topological polar surface area (TPSA) is 97.0 Å². The van der Waals surface area contributed by atoms with E-state index in [1.807, 2.05) is 0 Å². The van der Waals surface area contributed by atoms with E-state index < -0.39 is 17.7 Å². The van der Waals surface area contributed by atoms with Gasteiger partial charge < -0.3 is 19.4 Å². The average molecular weight is 278 g/mol. The summed E-state index contributed by atoms with van der Waals surface area (Å²) in [4.78, 5) is 23.7. The van der Waals surface area contributed by atoms with Crippen molar-refractivity contribution in [2.24, 2.45) is 0 Å². The highest BCUT2D eigenvalue weighted by molar-refractivity contribution is 6.00. The van der Waals surface area contributed by atoms with Crippen LogP contribution in [0.5, 0.6) is 5.75 Å². The van der Waals surface area contributed by atoms with Crippen LogP contribution >= 0.6 is 0 Å². The number of ether oxygens (including phenoxy) is 1. The van der Waals surface area contributed by atoms with Gasteiger partial charge >= 0.3 is 5.63 Å². The molecule has 6 heteroatoms. The Balaban J connectivity index is 2.58. The number of phenolic OH excluding ortho intramolecular Hbond substituents is 1. The fourth-order valence-electron chi connectivity index (χ4n) is 1.91. The molecular weight excluding hydrogens is 264 g/mol. The lowest BCUT2D eigenvalue weighted by Gasteiger charge is -2.09. The van der Waals surface area contributed by atoms with Crippen molar-refractivity contribution in [2.75, 3.05) is 6.61 Å². The van der Waals surface area contributed by atoms with E-state index in [-0.39, 0.29) is 23.5 Å². The van der Waals surface area contributed by atoms with E-state index in [0.29, 0.717) is 10.9 Å². The van der Waals surface area contributed by atoms with E-state index in [2.05, 4.69) is 0 Å². The van der Waals surface area contributed by atoms with Gasteiger partial charge in [0.15, 0.2) is 0 Å². The Kier molecular flexibility index (Phi) is 3.87. The first-order valence-electron chi connectivity index (χ1n) is 6.05. The van der Waals surface area contributed by atoms with E-state index in [0.717, 1.165) is 0 Å². The molecule has 2 aromatic rings. The van der Waals surface area contributed by atoms with Crippen LogP contribution in [0.25, 0.3) is 11.0 Å². The maximum Gasteiger partial charge on any atom is 0.347 e. The van der Waals surface area contributed by atoms with E-state index in [4.69, 9.17) is 9.15 Å². The van der Waals surface area contributed by atoms with Crippen molar-refractivity contribution in [1.82, 2.24) is 0 Å². The second-order valence-electron chi connectivity index (χ2n) is 4.29. The van der Waals surface area contributed by atoms with E-state index in [1.54, 1.807) is 13.8 Å². The second kappa shape index (κ2) is 5.44. The molecule has 1 aromatic carbocycles. The third kappa shape index (κ3) is 2.56. The first-order valence-corrected chi connectivity index (χ1v) is 6.05. The molecule has 1 unspecified atom stereocenters. The van der Waals surface area contributed by atoms with Crippen LogP contribution in [0.3, 0.4) is 0 Å². The summed E-state index contributed by atoms with van der Waals surface area (Å²) in [7, 11) is 0. The smallest absolute Gasteiger partial charge is 0.347 e. The van der Waals surface area contributed by atoms with Crippen LogP contribution in [-0.2, 0) is 4.74 Å². The van der Waals surface area contributed by atoms with Gasteiger partial charge in [0.05, 0.1) is 0 Å². The number of hydrogen-bond donors (Lipinski definition) is 2. The SMILES string of the molecule is CCOC(O)C(=O)c1cc2c(C)cc(O)cc2oc1=O. The summed E-state index contributed by atoms with van der Waals surface area (Å²) >= 11 is 0. The third-order valence-electron chi connectivity index (χ3n) is 2.86. The molecule has 0 aliphatic rings. The van der Waals surface area contributed by atoms with Crippen LogP contribution in [0.15, 0.2) is 27.4 Å². The molecule has 0 aliphatic carbocycles. The highest BCUT2D eigenvalue weighted by atomic mass is 16.6. The minimum atomic E-state index is -1.70. The highest BCUT2D eigenvalue weighted by Gasteiger charge is 2.22. The summed E-state index contributed by atoms with van der Waals surface area (Å²) in [6.07, 6.45) is -1.70. The van der Waals surface area contributed by atoms with Gasteiger partial charge in [-0.3, -0.25) is 4.79 Å². The molecule has 0 radical (unpaired) electrons. The van der Waals surface area contributed by atoms with Crippen molar-refractivity contribution in [3.63, 3.8) is 0 Å². The van der Waals surface area contributed by atoms with Gasteiger partial charge in [-0.05, 0) is 31.5 Å². The number of aromatic hydroxyl groups is 1. The Bertz CT molecular complexity index is 715. The molecule has 0 spiro atoms. The number of ketones is 1. The number of Topliss-reactive ketones (excluding diaryl/α,β-unsaturated/α-hetero) is 1. The molecule has 0 saturated heterocycles. The largest absolute Gasteiger partial charge is 0.508 e. The fraction of sp³-hybridized carbons (Fsp3) is 0.286. The highest BCUT2D eigenvalue weighted by Crippen LogP contribution is 2.24. The zero-order valence-corrected chi connectivity index (χ0v) is 11.0. The first kappa shape index (κ1) is 14.2. The van der Waals surface area contributed by atoms with Crippen LogP contribution in [0.1, 0.15) is 22.8 Å². The van der Waals surface area contributed by atoms with Gasteiger partial charge in [-0.15, -0.1) is 0 Å². The maximum atomic E-state index is 11.9. The third-order valence-corrected chi connectivity index (χ3v) is 2.86. The summed E-state index contributed by atoms with van der Waals surface area (Å²) in [6, 6.07) is 4.10. The van der Waals surface area contributed by atoms with Crippen molar-refractivity contribution in [3.8, 4) is 5.75 Å². The second-order valence-corrected chi connectivity index (χ2v) is 4.29. The number of hydrogen-bond acceptors (Lipinski definition) is 6. The van der Waals surface area contributed by atoms with Crippen LogP contribution in [0.4, 0.5) is 0 Å². The van der Waals surface area contributed by atoms with E-state index in [1.165, 1.54) is 18.2 Å². The number of benzene rings is 1. The number of aliphatic hydroxyl groups excluding tert-OH is 1. The molecule has 2 rings (SSSR count). The first-order chi connectivity index (χ1) is 9.43. The summed E-state index contributed by atoms with van der Waals surface area (Å²) in [6.45, 7) is 3.46. The van der Waals surface area contributed by atoms with Crippen molar-refractivity contribution >= 4 is 16.8 Å². The zero-order chi connectivity index (χ0) is 14.9. The summed E-state index contributed by atoms with van der Waals surface area (Å²) < 4.78 is 9.76. The molecule has 6 nitrogen and oxygen atoms in total. The molecule has 0 amide bonds. The molecule has 2 N–H and O–H groups in total. The molecule has 0 fully saturated rings. The summed E-state index contributed by atoms with van der Waals surface area (Å²) in [5, 5.41) is 19.4. The quantitative estimate of drug-likeness (QED) is 0.497. The Labute approximate surface area is 114 Å². The van der Waals surface area contributed by atoms with Gasteiger partial charge in [-0.1, -0.05) is 0 Å².